The highest BCUT2D eigenvalue weighted by Crippen LogP contribution is 2.38. The fraction of sp³-hybridized carbons (Fsp3) is 0.697. The average molecular weight is 570 g/mol. The number of ether oxygens (including phenoxy) is 5. The Morgan fingerprint density at radius 3 is 2.61 bits per heavy atom. The fourth-order valence-corrected chi connectivity index (χ4v) is 6.91. The standard InChI is InChI=1S/C33H47NO7/c1-6-9-21(3)31-23(5)32-22(4)28(40-31)11-8-12-29-34-27(19-37-29)33-36-15-14-25(39-33)18-26-17-20(2)16-24(38-26)10-7-13-30(35)41-32/h7-9,12-13,19-20,22-26,28,31-33H,6,10-11,14-18H2,1-5H3. The quantitative estimate of drug-likeness (QED) is 0.286. The lowest BCUT2D eigenvalue weighted by atomic mass is 9.79. The van der Waals surface area contributed by atoms with E-state index in [-0.39, 0.29) is 54.4 Å². The molecular formula is C33H47NO7. The third kappa shape index (κ3) is 7.58. The van der Waals surface area contributed by atoms with Gasteiger partial charge in [0.15, 0.2) is 0 Å². The molecule has 226 valence electrons. The molecule has 0 saturated carbocycles. The number of hydrogen-bond acceptors (Lipinski definition) is 8. The summed E-state index contributed by atoms with van der Waals surface area (Å²) in [6, 6.07) is 0. The van der Waals surface area contributed by atoms with Gasteiger partial charge in [0.25, 0.3) is 0 Å². The van der Waals surface area contributed by atoms with Gasteiger partial charge in [0.05, 0.1) is 37.1 Å². The Bertz CT molecular complexity index is 1110. The lowest BCUT2D eigenvalue weighted by Gasteiger charge is -2.44. The summed E-state index contributed by atoms with van der Waals surface area (Å²) in [5.74, 6) is 0.774. The van der Waals surface area contributed by atoms with Crippen molar-refractivity contribution in [3.8, 4) is 0 Å². The van der Waals surface area contributed by atoms with Crippen LogP contribution in [0.25, 0.3) is 6.08 Å². The minimum absolute atomic E-state index is 0.0103. The summed E-state index contributed by atoms with van der Waals surface area (Å²) in [5, 5.41) is 0. The minimum atomic E-state index is -0.547. The average Bonchev–Trinajstić information content (AvgIpc) is 3.41. The monoisotopic (exact) mass is 569 g/mol. The zero-order valence-corrected chi connectivity index (χ0v) is 25.2. The zero-order chi connectivity index (χ0) is 28.9. The number of nitrogens with zero attached hydrogens (tertiary/aromatic N) is 1. The summed E-state index contributed by atoms with van der Waals surface area (Å²) in [6.45, 7) is 11.3. The van der Waals surface area contributed by atoms with Crippen molar-refractivity contribution in [3.05, 3.63) is 47.7 Å². The first-order valence-corrected chi connectivity index (χ1v) is 15.5. The van der Waals surface area contributed by atoms with E-state index in [1.165, 1.54) is 5.57 Å². The first-order chi connectivity index (χ1) is 19.8. The molecule has 8 nitrogen and oxygen atoms in total. The number of rotatable bonds is 2. The Morgan fingerprint density at radius 2 is 1.78 bits per heavy atom. The summed E-state index contributed by atoms with van der Waals surface area (Å²) in [7, 11) is 0. The van der Waals surface area contributed by atoms with Crippen LogP contribution >= 0.6 is 0 Å². The Morgan fingerprint density at radius 1 is 0.976 bits per heavy atom. The second-order valence-electron chi connectivity index (χ2n) is 12.4. The maximum atomic E-state index is 13.0. The van der Waals surface area contributed by atoms with Crippen LogP contribution in [0.5, 0.6) is 0 Å². The summed E-state index contributed by atoms with van der Waals surface area (Å²) in [4.78, 5) is 17.7. The molecule has 0 radical (unpaired) electrons. The molecule has 41 heavy (non-hydrogen) atoms. The van der Waals surface area contributed by atoms with Gasteiger partial charge in [0, 0.05) is 24.3 Å². The van der Waals surface area contributed by atoms with Gasteiger partial charge in [-0.25, -0.2) is 9.78 Å². The number of hydrogen-bond donors (Lipinski definition) is 0. The molecule has 10 unspecified atom stereocenters. The molecule has 0 aromatic carbocycles. The van der Waals surface area contributed by atoms with E-state index in [2.05, 4.69) is 45.7 Å². The first-order valence-electron chi connectivity index (χ1n) is 15.5. The zero-order valence-electron chi connectivity index (χ0n) is 25.2. The lowest BCUT2D eigenvalue weighted by molar-refractivity contribution is -0.228. The lowest BCUT2D eigenvalue weighted by Crippen LogP contribution is -2.50. The summed E-state index contributed by atoms with van der Waals surface area (Å²) >= 11 is 0. The molecule has 5 heterocycles. The van der Waals surface area contributed by atoms with Crippen molar-refractivity contribution in [3.63, 3.8) is 0 Å². The van der Waals surface area contributed by atoms with E-state index >= 15 is 0 Å². The second kappa shape index (κ2) is 13.8. The van der Waals surface area contributed by atoms with Crippen LogP contribution in [0.2, 0.25) is 0 Å². The number of fused-ring (bicyclic) bond motifs is 9. The van der Waals surface area contributed by atoms with Gasteiger partial charge < -0.3 is 28.1 Å². The van der Waals surface area contributed by atoms with Crippen LogP contribution in [-0.4, -0.2) is 54.2 Å². The molecule has 4 aliphatic rings. The maximum Gasteiger partial charge on any atom is 0.330 e. The van der Waals surface area contributed by atoms with Crippen LogP contribution in [-0.2, 0) is 28.5 Å². The Kier molecular flexibility index (Phi) is 10.2. The summed E-state index contributed by atoms with van der Waals surface area (Å²) in [5.41, 5.74) is 1.81. The molecule has 0 aliphatic carbocycles. The number of aromatic nitrogens is 1. The van der Waals surface area contributed by atoms with Gasteiger partial charge in [-0.15, -0.1) is 0 Å². The van der Waals surface area contributed by atoms with E-state index in [0.29, 0.717) is 37.0 Å². The third-order valence-electron chi connectivity index (χ3n) is 8.98. The maximum absolute atomic E-state index is 13.0. The molecule has 3 saturated heterocycles. The molecule has 8 bridgehead atoms. The Balaban J connectivity index is 1.40. The number of carbonyl (C=O) groups excluding carboxylic acids is 1. The van der Waals surface area contributed by atoms with Gasteiger partial charge in [-0.1, -0.05) is 45.9 Å². The van der Waals surface area contributed by atoms with Crippen LogP contribution in [0.15, 0.2) is 40.6 Å². The topological polar surface area (TPSA) is 89.3 Å². The van der Waals surface area contributed by atoms with Crippen LogP contribution in [0.3, 0.4) is 0 Å². The van der Waals surface area contributed by atoms with Crippen molar-refractivity contribution in [2.75, 3.05) is 6.61 Å². The molecule has 1 aromatic rings. The second-order valence-corrected chi connectivity index (χ2v) is 12.4. The van der Waals surface area contributed by atoms with E-state index < -0.39 is 6.29 Å². The fourth-order valence-electron chi connectivity index (χ4n) is 6.91. The molecule has 0 N–H and O–H groups in total. The van der Waals surface area contributed by atoms with Gasteiger partial charge in [0.1, 0.15) is 18.1 Å². The van der Waals surface area contributed by atoms with E-state index in [1.807, 2.05) is 18.2 Å². The molecule has 10 atom stereocenters. The Hall–Kier alpha value is -2.26. The van der Waals surface area contributed by atoms with Gasteiger partial charge >= 0.3 is 5.97 Å². The van der Waals surface area contributed by atoms with Crippen molar-refractivity contribution in [1.82, 2.24) is 4.98 Å². The molecule has 4 aliphatic heterocycles. The van der Waals surface area contributed by atoms with Crippen molar-refractivity contribution in [2.24, 2.45) is 17.8 Å². The number of oxazole rings is 1. The molecule has 5 rings (SSSR count). The number of allylic oxidation sites excluding steroid dienone is 1. The van der Waals surface area contributed by atoms with E-state index in [9.17, 15) is 4.79 Å². The summed E-state index contributed by atoms with van der Waals surface area (Å²) < 4.78 is 37.2. The van der Waals surface area contributed by atoms with Crippen molar-refractivity contribution in [2.45, 2.75) is 122 Å². The molecule has 0 spiro atoms. The summed E-state index contributed by atoms with van der Waals surface area (Å²) in [6.07, 6.45) is 16.2. The largest absolute Gasteiger partial charge is 0.458 e. The number of esters is 1. The molecular weight excluding hydrogens is 522 g/mol. The van der Waals surface area contributed by atoms with Crippen LogP contribution in [0.1, 0.15) is 97.4 Å². The molecule has 1 aromatic heterocycles. The predicted molar refractivity (Wildman–Crippen MR) is 155 cm³/mol. The SMILES string of the molecule is CCC=C(C)C1OC2CC=Cc3nc(co3)C3OCCC(CC4CC(C)CC(CC=CC(=O)OC(C2C)C1C)O4)O3. The normalized spacial score (nSPS) is 39.0. The highest BCUT2D eigenvalue weighted by atomic mass is 16.7. The van der Waals surface area contributed by atoms with Crippen LogP contribution in [0.4, 0.5) is 0 Å². The minimum Gasteiger partial charge on any atom is -0.458 e. The predicted octanol–water partition coefficient (Wildman–Crippen LogP) is 6.72. The van der Waals surface area contributed by atoms with E-state index in [1.54, 1.807) is 12.3 Å². The number of carbonyl (C=O) groups is 1. The van der Waals surface area contributed by atoms with Gasteiger partial charge in [-0.05, 0) is 63.0 Å². The van der Waals surface area contributed by atoms with Crippen LogP contribution in [0, 0.1) is 17.8 Å². The third-order valence-corrected chi connectivity index (χ3v) is 8.98. The highest BCUT2D eigenvalue weighted by molar-refractivity contribution is 5.82. The van der Waals surface area contributed by atoms with Crippen LogP contribution < -0.4 is 0 Å². The van der Waals surface area contributed by atoms with Gasteiger partial charge in [0.2, 0.25) is 12.2 Å². The van der Waals surface area contributed by atoms with Crippen molar-refractivity contribution in [1.29, 1.82) is 0 Å². The van der Waals surface area contributed by atoms with E-state index in [0.717, 1.165) is 32.1 Å². The van der Waals surface area contributed by atoms with Gasteiger partial charge in [-0.3, -0.25) is 0 Å². The molecule has 8 heteroatoms. The van der Waals surface area contributed by atoms with Crippen molar-refractivity contribution < 1.29 is 32.9 Å². The van der Waals surface area contributed by atoms with Crippen molar-refractivity contribution >= 4 is 12.0 Å². The Labute approximate surface area is 244 Å². The molecule has 3 fully saturated rings. The first kappa shape index (κ1) is 30.2. The van der Waals surface area contributed by atoms with Gasteiger partial charge in [-0.2, -0.15) is 0 Å². The molecule has 0 amide bonds. The highest BCUT2D eigenvalue weighted by Gasteiger charge is 2.43. The van der Waals surface area contributed by atoms with E-state index in [4.69, 9.17) is 28.1 Å². The smallest absolute Gasteiger partial charge is 0.330 e.